The van der Waals surface area contributed by atoms with Gasteiger partial charge in [-0.05, 0) is 135 Å². The maximum Gasteiger partial charge on any atom is 0.313 e. The van der Waals surface area contributed by atoms with Crippen molar-refractivity contribution >= 4 is 17.3 Å². The van der Waals surface area contributed by atoms with E-state index in [0.29, 0.717) is 5.75 Å². The molecule has 3 aromatic carbocycles. The van der Waals surface area contributed by atoms with Crippen LogP contribution in [0.15, 0.2) is 65.3 Å². The SMILES string of the molecule is COc1cccc2c1C(=O)c1c(O)c3c(c(O)c1C2=O)CC(C(=O)COC(O)Oc1cc(C)c2c(c1)CC[C@@](C)(CC/C=C(\C)CC/C=C(\C)CCC=C(C)C)O2)C[C@H]3O. The number of methoxy groups -OCH3 is 1. The van der Waals surface area contributed by atoms with E-state index in [4.69, 9.17) is 18.9 Å². The van der Waals surface area contributed by atoms with E-state index in [9.17, 15) is 34.8 Å². The standard InChI is InChI=1S/C49H58O11/c1-27(2)12-8-13-28(3)14-9-15-29(4)16-11-20-49(6)21-19-31-23-33(22-30(5)47(31)60-49)59-48(56)58-26-37(51)32-24-35-39(36(50)25-32)45(54)42-41(44(35)53)43(52)34-17-10-18-38(57-7)40(34)46(42)55/h10,12,14,16-18,22-23,32,36,48,50,53-54,56H,8-9,11,13,15,19-21,24-26H2,1-7H3/b28-14+,29-16+/t32?,36-,48?,49-/m1/s1. The Hall–Kier alpha value is -5.23. The van der Waals surface area contributed by atoms with Crippen molar-refractivity contribution in [2.75, 3.05) is 13.7 Å². The number of benzene rings is 3. The number of fused-ring (bicyclic) bond motifs is 4. The molecule has 6 rings (SSSR count). The third-order valence-electron chi connectivity index (χ3n) is 12.0. The molecule has 0 aromatic heterocycles. The summed E-state index contributed by atoms with van der Waals surface area (Å²) in [7, 11) is 1.35. The molecule has 0 amide bonds. The molecule has 320 valence electrons. The lowest BCUT2D eigenvalue weighted by Gasteiger charge is -2.37. The number of hydrogen-bond acceptors (Lipinski definition) is 11. The molecule has 0 saturated carbocycles. The Morgan fingerprint density at radius 2 is 1.63 bits per heavy atom. The summed E-state index contributed by atoms with van der Waals surface area (Å²) in [5.41, 5.74) is 4.65. The van der Waals surface area contributed by atoms with Gasteiger partial charge in [0.2, 0.25) is 5.78 Å². The number of aliphatic hydroxyl groups excluding tert-OH is 2. The van der Waals surface area contributed by atoms with Crippen molar-refractivity contribution in [3.8, 4) is 28.7 Å². The number of carbonyl (C=O) groups is 3. The summed E-state index contributed by atoms with van der Waals surface area (Å²) in [5, 5.41) is 44.4. The van der Waals surface area contributed by atoms with Gasteiger partial charge in [0.1, 0.15) is 41.0 Å². The maximum atomic E-state index is 13.6. The van der Waals surface area contributed by atoms with Crippen molar-refractivity contribution in [1.29, 1.82) is 0 Å². The molecule has 4 atom stereocenters. The number of aromatic hydroxyl groups is 2. The van der Waals surface area contributed by atoms with Crippen LogP contribution in [0.25, 0.3) is 0 Å². The van der Waals surface area contributed by atoms with E-state index in [1.807, 2.05) is 6.92 Å². The first-order valence-electron chi connectivity index (χ1n) is 20.8. The number of Topliss-reactive ketones (excluding diaryl/α,β-unsaturated/α-hetero) is 1. The van der Waals surface area contributed by atoms with E-state index in [0.717, 1.165) is 68.2 Å². The number of carbonyl (C=O) groups excluding carboxylic acids is 3. The highest BCUT2D eigenvalue weighted by atomic mass is 16.8. The molecule has 3 aliphatic rings. The smallest absolute Gasteiger partial charge is 0.313 e. The average molecular weight is 823 g/mol. The number of ether oxygens (including phenoxy) is 4. The molecule has 11 heteroatoms. The largest absolute Gasteiger partial charge is 0.507 e. The van der Waals surface area contributed by atoms with Crippen molar-refractivity contribution in [2.24, 2.45) is 5.92 Å². The van der Waals surface area contributed by atoms with Crippen LogP contribution in [-0.2, 0) is 22.4 Å². The van der Waals surface area contributed by atoms with Crippen LogP contribution in [0.3, 0.4) is 0 Å². The summed E-state index contributed by atoms with van der Waals surface area (Å²) >= 11 is 0. The molecule has 0 radical (unpaired) electrons. The summed E-state index contributed by atoms with van der Waals surface area (Å²) in [4.78, 5) is 40.5. The van der Waals surface area contributed by atoms with Crippen LogP contribution in [0.4, 0.5) is 0 Å². The van der Waals surface area contributed by atoms with Crippen LogP contribution in [0, 0.1) is 12.8 Å². The number of phenolic OH excluding ortho intramolecular Hbond substituents is 2. The first-order chi connectivity index (χ1) is 28.5. The summed E-state index contributed by atoms with van der Waals surface area (Å²) in [5.74, 6) is -2.77. The van der Waals surface area contributed by atoms with Crippen LogP contribution < -0.4 is 14.2 Å². The third kappa shape index (κ3) is 9.54. The Morgan fingerprint density at radius 3 is 2.33 bits per heavy atom. The molecule has 4 N–H and O–H groups in total. The summed E-state index contributed by atoms with van der Waals surface area (Å²) in [6, 6.07) is 8.03. The van der Waals surface area contributed by atoms with Gasteiger partial charge < -0.3 is 39.4 Å². The van der Waals surface area contributed by atoms with E-state index in [1.54, 1.807) is 12.1 Å². The molecule has 0 spiro atoms. The summed E-state index contributed by atoms with van der Waals surface area (Å²) in [6.45, 7) is 10.4. The van der Waals surface area contributed by atoms with Gasteiger partial charge in [-0.1, -0.05) is 47.1 Å². The monoisotopic (exact) mass is 822 g/mol. The van der Waals surface area contributed by atoms with Crippen LogP contribution in [0.1, 0.15) is 146 Å². The van der Waals surface area contributed by atoms with E-state index in [1.165, 1.54) is 42.0 Å². The second kappa shape index (κ2) is 18.6. The first-order valence-corrected chi connectivity index (χ1v) is 20.8. The number of aryl methyl sites for hydroxylation is 2. The quantitative estimate of drug-likeness (QED) is 0.0483. The zero-order chi connectivity index (χ0) is 43.5. The molecule has 11 nitrogen and oxygen atoms in total. The number of phenols is 2. The zero-order valence-corrected chi connectivity index (χ0v) is 35.8. The van der Waals surface area contributed by atoms with Crippen molar-refractivity contribution in [3.63, 3.8) is 0 Å². The van der Waals surface area contributed by atoms with Gasteiger partial charge in [-0.3, -0.25) is 14.4 Å². The van der Waals surface area contributed by atoms with Crippen molar-refractivity contribution < 1.29 is 53.8 Å². The molecular formula is C49H58O11. The molecule has 2 unspecified atom stereocenters. The molecule has 3 aromatic rings. The number of aliphatic hydroxyl groups is 2. The van der Waals surface area contributed by atoms with Gasteiger partial charge in [-0.15, -0.1) is 0 Å². The van der Waals surface area contributed by atoms with Gasteiger partial charge in [0.05, 0.1) is 29.9 Å². The molecular weight excluding hydrogens is 765 g/mol. The highest BCUT2D eigenvalue weighted by molar-refractivity contribution is 6.31. The van der Waals surface area contributed by atoms with Gasteiger partial charge in [0.25, 0.3) is 0 Å². The molecule has 2 aliphatic carbocycles. The number of rotatable bonds is 16. The number of hydrogen-bond donors (Lipinski definition) is 4. The van der Waals surface area contributed by atoms with Gasteiger partial charge in [0.15, 0.2) is 11.6 Å². The molecule has 1 heterocycles. The fourth-order valence-electron chi connectivity index (χ4n) is 8.62. The minimum atomic E-state index is -1.79. The third-order valence-corrected chi connectivity index (χ3v) is 12.0. The highest BCUT2D eigenvalue weighted by Gasteiger charge is 2.43. The fourth-order valence-corrected chi connectivity index (χ4v) is 8.62. The molecule has 1 aliphatic heterocycles. The predicted molar refractivity (Wildman–Crippen MR) is 227 cm³/mol. The number of ketones is 3. The van der Waals surface area contributed by atoms with Crippen molar-refractivity contribution in [2.45, 2.75) is 124 Å². The normalized spacial score (nSPS) is 20.3. The second-order valence-electron chi connectivity index (χ2n) is 17.0. The zero-order valence-electron chi connectivity index (χ0n) is 35.8. The minimum absolute atomic E-state index is 0.00214. The first kappa shape index (κ1) is 44.3. The lowest BCUT2D eigenvalue weighted by molar-refractivity contribution is -0.216. The Balaban J connectivity index is 1.02. The summed E-state index contributed by atoms with van der Waals surface area (Å²) in [6.07, 6.45) is 12.9. The Kier molecular flexibility index (Phi) is 13.7. The Morgan fingerprint density at radius 1 is 0.950 bits per heavy atom. The Labute approximate surface area is 352 Å². The van der Waals surface area contributed by atoms with E-state index in [-0.39, 0.29) is 46.4 Å². The van der Waals surface area contributed by atoms with Gasteiger partial charge in [0, 0.05) is 22.6 Å². The van der Waals surface area contributed by atoms with Crippen molar-refractivity contribution in [1.82, 2.24) is 0 Å². The number of allylic oxidation sites excluding steroid dienone is 6. The topological polar surface area (TPSA) is 169 Å². The van der Waals surface area contributed by atoms with E-state index < -0.39 is 65.1 Å². The van der Waals surface area contributed by atoms with Crippen LogP contribution >= 0.6 is 0 Å². The molecule has 0 bridgehead atoms. The Bertz CT molecular complexity index is 2260. The van der Waals surface area contributed by atoms with E-state index in [2.05, 4.69) is 52.8 Å². The van der Waals surface area contributed by atoms with E-state index >= 15 is 0 Å². The highest BCUT2D eigenvalue weighted by Crippen LogP contribution is 2.50. The average Bonchev–Trinajstić information content (AvgIpc) is 3.20. The molecule has 0 saturated heterocycles. The van der Waals surface area contributed by atoms with Crippen LogP contribution in [-0.4, -0.2) is 63.6 Å². The van der Waals surface area contributed by atoms with Crippen LogP contribution in [0.2, 0.25) is 0 Å². The maximum absolute atomic E-state index is 13.6. The summed E-state index contributed by atoms with van der Waals surface area (Å²) < 4.78 is 22.9. The predicted octanol–water partition coefficient (Wildman–Crippen LogP) is 9.01. The fraction of sp³-hybridized carbons (Fsp3) is 0.449. The van der Waals surface area contributed by atoms with Gasteiger partial charge in [-0.2, -0.15) is 0 Å². The van der Waals surface area contributed by atoms with Gasteiger partial charge in [-0.25, -0.2) is 0 Å². The minimum Gasteiger partial charge on any atom is -0.507 e. The lowest BCUT2D eigenvalue weighted by Crippen LogP contribution is -2.36. The molecule has 60 heavy (non-hydrogen) atoms. The van der Waals surface area contributed by atoms with Crippen LogP contribution in [0.5, 0.6) is 28.7 Å². The van der Waals surface area contributed by atoms with Gasteiger partial charge >= 0.3 is 6.48 Å². The lowest BCUT2D eigenvalue weighted by atomic mass is 9.74. The second-order valence-corrected chi connectivity index (χ2v) is 17.0. The molecule has 0 fully saturated rings. The van der Waals surface area contributed by atoms with Crippen molar-refractivity contribution in [3.05, 3.63) is 110 Å².